The molecular formula is C18H28N4O2. The molecule has 6 nitrogen and oxygen atoms in total. The van der Waals surface area contributed by atoms with Crippen LogP contribution in [-0.2, 0) is 4.79 Å². The van der Waals surface area contributed by atoms with Crippen LogP contribution in [0.5, 0.6) is 0 Å². The zero-order valence-corrected chi connectivity index (χ0v) is 14.5. The molecule has 4 N–H and O–H groups in total. The number of piperidine rings is 1. The number of para-hydroxylation sites is 1. The summed E-state index contributed by atoms with van der Waals surface area (Å²) in [5.74, 6) is 0.310. The molecule has 1 aliphatic heterocycles. The van der Waals surface area contributed by atoms with E-state index in [1.54, 1.807) is 4.90 Å². The van der Waals surface area contributed by atoms with E-state index in [4.69, 9.17) is 5.73 Å². The Morgan fingerprint density at radius 2 is 1.83 bits per heavy atom. The first kappa shape index (κ1) is 18.3. The number of amides is 3. The molecule has 0 saturated carbocycles. The molecular weight excluding hydrogens is 304 g/mol. The molecule has 1 aromatic carbocycles. The summed E-state index contributed by atoms with van der Waals surface area (Å²) in [5, 5.41) is 5.90. The van der Waals surface area contributed by atoms with Crippen LogP contribution < -0.4 is 16.4 Å². The molecule has 0 aliphatic carbocycles. The smallest absolute Gasteiger partial charge is 0.321 e. The normalized spacial score (nSPS) is 16.8. The first-order chi connectivity index (χ1) is 11.5. The number of likely N-dealkylation sites (tertiary alicyclic amines) is 1. The number of benzene rings is 1. The van der Waals surface area contributed by atoms with Gasteiger partial charge in [0, 0.05) is 24.8 Å². The summed E-state index contributed by atoms with van der Waals surface area (Å²) in [6.45, 7) is 5.36. The molecule has 132 valence electrons. The Bertz CT molecular complexity index is 539. The maximum atomic E-state index is 12.2. The van der Waals surface area contributed by atoms with Crippen LogP contribution in [0, 0.1) is 5.92 Å². The SMILES string of the molecule is CC(C)C[C@@H](N)C(=O)NC1CCN(C(=O)Nc2ccccc2)CC1. The average Bonchev–Trinajstić information content (AvgIpc) is 2.55. The van der Waals surface area contributed by atoms with Gasteiger partial charge in [0.05, 0.1) is 6.04 Å². The molecule has 24 heavy (non-hydrogen) atoms. The molecule has 1 atom stereocenters. The summed E-state index contributed by atoms with van der Waals surface area (Å²) in [6.07, 6.45) is 2.19. The Morgan fingerprint density at radius 3 is 2.42 bits per heavy atom. The Morgan fingerprint density at radius 1 is 1.21 bits per heavy atom. The van der Waals surface area contributed by atoms with Crippen molar-refractivity contribution in [2.24, 2.45) is 11.7 Å². The van der Waals surface area contributed by atoms with Gasteiger partial charge in [-0.15, -0.1) is 0 Å². The minimum absolute atomic E-state index is 0.0871. The van der Waals surface area contributed by atoms with Crippen molar-refractivity contribution in [3.05, 3.63) is 30.3 Å². The van der Waals surface area contributed by atoms with Crippen molar-refractivity contribution >= 4 is 17.6 Å². The first-order valence-corrected chi connectivity index (χ1v) is 8.62. The van der Waals surface area contributed by atoms with Gasteiger partial charge in [-0.2, -0.15) is 0 Å². The number of nitrogens with two attached hydrogens (primary N) is 1. The largest absolute Gasteiger partial charge is 0.352 e. The van der Waals surface area contributed by atoms with Gasteiger partial charge in [0.2, 0.25) is 5.91 Å². The second-order valence-corrected chi connectivity index (χ2v) is 6.80. The van der Waals surface area contributed by atoms with Crippen LogP contribution in [0.2, 0.25) is 0 Å². The highest BCUT2D eigenvalue weighted by molar-refractivity contribution is 5.89. The predicted octanol–water partition coefficient (Wildman–Crippen LogP) is 2.17. The van der Waals surface area contributed by atoms with Gasteiger partial charge in [-0.1, -0.05) is 32.0 Å². The van der Waals surface area contributed by atoms with Crippen molar-refractivity contribution in [3.63, 3.8) is 0 Å². The van der Waals surface area contributed by atoms with Crippen molar-refractivity contribution in [2.75, 3.05) is 18.4 Å². The Labute approximate surface area is 143 Å². The van der Waals surface area contributed by atoms with E-state index in [1.165, 1.54) is 0 Å². The third-order valence-corrected chi connectivity index (χ3v) is 4.22. The van der Waals surface area contributed by atoms with Gasteiger partial charge >= 0.3 is 6.03 Å². The van der Waals surface area contributed by atoms with E-state index in [0.29, 0.717) is 25.4 Å². The number of urea groups is 1. The number of nitrogens with zero attached hydrogens (tertiary/aromatic N) is 1. The van der Waals surface area contributed by atoms with Crippen LogP contribution in [0.25, 0.3) is 0 Å². The van der Waals surface area contributed by atoms with E-state index < -0.39 is 6.04 Å². The minimum Gasteiger partial charge on any atom is -0.352 e. The summed E-state index contributed by atoms with van der Waals surface area (Å²) in [7, 11) is 0. The highest BCUT2D eigenvalue weighted by Crippen LogP contribution is 2.14. The van der Waals surface area contributed by atoms with Crippen LogP contribution in [0.15, 0.2) is 30.3 Å². The van der Waals surface area contributed by atoms with Crippen LogP contribution >= 0.6 is 0 Å². The fourth-order valence-electron chi connectivity index (χ4n) is 2.87. The number of hydrogen-bond acceptors (Lipinski definition) is 3. The summed E-state index contributed by atoms with van der Waals surface area (Å²) >= 11 is 0. The van der Waals surface area contributed by atoms with Crippen molar-refractivity contribution in [1.29, 1.82) is 0 Å². The molecule has 6 heteroatoms. The van der Waals surface area contributed by atoms with Gasteiger partial charge in [0.15, 0.2) is 0 Å². The molecule has 1 heterocycles. The van der Waals surface area contributed by atoms with E-state index in [2.05, 4.69) is 24.5 Å². The predicted molar refractivity (Wildman–Crippen MR) is 95.6 cm³/mol. The molecule has 1 fully saturated rings. The van der Waals surface area contributed by atoms with E-state index in [1.807, 2.05) is 30.3 Å². The maximum absolute atomic E-state index is 12.2. The number of carbonyl (C=O) groups excluding carboxylic acids is 2. The highest BCUT2D eigenvalue weighted by Gasteiger charge is 2.25. The Hall–Kier alpha value is -2.08. The molecule has 1 aromatic rings. The first-order valence-electron chi connectivity index (χ1n) is 8.62. The number of anilines is 1. The molecule has 3 amide bonds. The number of nitrogens with one attached hydrogen (secondary N) is 2. The lowest BCUT2D eigenvalue weighted by molar-refractivity contribution is -0.123. The fourth-order valence-corrected chi connectivity index (χ4v) is 2.87. The van der Waals surface area contributed by atoms with E-state index in [0.717, 1.165) is 18.5 Å². The van der Waals surface area contributed by atoms with Gasteiger partial charge in [0.25, 0.3) is 0 Å². The molecule has 0 unspecified atom stereocenters. The zero-order valence-electron chi connectivity index (χ0n) is 14.5. The molecule has 1 aliphatic rings. The Kier molecular flexibility index (Phi) is 6.61. The summed E-state index contributed by atoms with van der Waals surface area (Å²) in [5.41, 5.74) is 6.70. The van der Waals surface area contributed by atoms with Gasteiger partial charge in [-0.25, -0.2) is 4.79 Å². The van der Waals surface area contributed by atoms with E-state index in [9.17, 15) is 9.59 Å². The summed E-state index contributed by atoms with van der Waals surface area (Å²) in [6, 6.07) is 8.95. The lowest BCUT2D eigenvalue weighted by atomic mass is 10.0. The fraction of sp³-hybridized carbons (Fsp3) is 0.556. The molecule has 0 bridgehead atoms. The van der Waals surface area contributed by atoms with Crippen molar-refractivity contribution < 1.29 is 9.59 Å². The maximum Gasteiger partial charge on any atom is 0.321 e. The molecule has 2 rings (SSSR count). The summed E-state index contributed by atoms with van der Waals surface area (Å²) < 4.78 is 0. The number of hydrogen-bond donors (Lipinski definition) is 3. The monoisotopic (exact) mass is 332 g/mol. The highest BCUT2D eigenvalue weighted by atomic mass is 16.2. The minimum atomic E-state index is -0.454. The van der Waals surface area contributed by atoms with Gasteiger partial charge in [0.1, 0.15) is 0 Å². The lowest BCUT2D eigenvalue weighted by Gasteiger charge is -2.33. The second-order valence-electron chi connectivity index (χ2n) is 6.80. The average molecular weight is 332 g/mol. The molecule has 1 saturated heterocycles. The molecule has 0 radical (unpaired) electrons. The standard InChI is InChI=1S/C18H28N4O2/c1-13(2)12-16(19)17(23)20-15-8-10-22(11-9-15)18(24)21-14-6-4-3-5-7-14/h3-7,13,15-16H,8-12,19H2,1-2H3,(H,20,23)(H,21,24)/t16-/m1/s1. The van der Waals surface area contributed by atoms with Crippen LogP contribution in [0.4, 0.5) is 10.5 Å². The van der Waals surface area contributed by atoms with Gasteiger partial charge < -0.3 is 21.3 Å². The van der Waals surface area contributed by atoms with E-state index in [-0.39, 0.29) is 18.0 Å². The van der Waals surface area contributed by atoms with E-state index >= 15 is 0 Å². The third-order valence-electron chi connectivity index (χ3n) is 4.22. The quantitative estimate of drug-likeness (QED) is 0.772. The zero-order chi connectivity index (χ0) is 17.5. The van der Waals surface area contributed by atoms with Crippen LogP contribution in [0.3, 0.4) is 0 Å². The third kappa shape index (κ3) is 5.53. The van der Waals surface area contributed by atoms with Crippen molar-refractivity contribution in [1.82, 2.24) is 10.2 Å². The lowest BCUT2D eigenvalue weighted by Crippen LogP contribution is -2.51. The van der Waals surface area contributed by atoms with Gasteiger partial charge in [-0.3, -0.25) is 4.79 Å². The topological polar surface area (TPSA) is 87.5 Å². The number of rotatable bonds is 5. The van der Waals surface area contributed by atoms with Crippen LogP contribution in [0.1, 0.15) is 33.1 Å². The molecule has 0 aromatic heterocycles. The second kappa shape index (κ2) is 8.68. The summed E-state index contributed by atoms with van der Waals surface area (Å²) in [4.78, 5) is 26.1. The van der Waals surface area contributed by atoms with Crippen molar-refractivity contribution in [3.8, 4) is 0 Å². The van der Waals surface area contributed by atoms with Crippen molar-refractivity contribution in [2.45, 2.75) is 45.2 Å². The van der Waals surface area contributed by atoms with Gasteiger partial charge in [-0.05, 0) is 37.3 Å². The molecule has 0 spiro atoms. The van der Waals surface area contributed by atoms with Crippen LogP contribution in [-0.4, -0.2) is 42.0 Å². The Balaban J connectivity index is 1.75. The number of carbonyl (C=O) groups is 2.